The summed E-state index contributed by atoms with van der Waals surface area (Å²) in [5.74, 6) is -4.67. The van der Waals surface area contributed by atoms with Crippen molar-refractivity contribution in [3.8, 4) is 0 Å². The molecule has 0 amide bonds. The van der Waals surface area contributed by atoms with Crippen LogP contribution < -0.4 is 5.32 Å². The average molecular weight is 501 g/mol. The van der Waals surface area contributed by atoms with Crippen LogP contribution in [0.5, 0.6) is 0 Å². The Morgan fingerprint density at radius 2 is 2.24 bits per heavy atom. The number of rotatable bonds is 6. The maximum atomic E-state index is 14.5. The number of benzene rings is 1. The van der Waals surface area contributed by atoms with E-state index in [0.717, 1.165) is 12.1 Å². The van der Waals surface area contributed by atoms with E-state index in [1.807, 2.05) is 0 Å². The van der Waals surface area contributed by atoms with Gasteiger partial charge in [0.15, 0.2) is 10.8 Å². The highest BCUT2D eigenvalue weighted by Crippen LogP contribution is 2.37. The Morgan fingerprint density at radius 1 is 1.45 bits per heavy atom. The van der Waals surface area contributed by atoms with Gasteiger partial charge in [0.05, 0.1) is 12.1 Å². The fourth-order valence-electron chi connectivity index (χ4n) is 4.01. The number of aliphatic imine (C=N–C) groups is 1. The minimum Gasteiger partial charge on any atom is -0.478 e. The standard InChI is InChI=1S/C21H20ClF3N4O3S/c1-32-15-4-6-29(10-21(15,24)25)9-14-16(20(30)31)17(12-3-2-11(23)8-13(12)22)28-18(27-14)19-26-5-7-33-19/h2-3,5,7-8,15,17H,4,6,9-10H2,1H3,(H,27,28)(H,30,31)/t15?,17-/m0/s1. The lowest BCUT2D eigenvalue weighted by Gasteiger charge is -2.38. The highest BCUT2D eigenvalue weighted by molar-refractivity contribution is 7.11. The molecule has 3 heterocycles. The fraction of sp³-hybridized carbons (Fsp3) is 0.381. The normalized spacial score (nSPS) is 23.2. The van der Waals surface area contributed by atoms with Gasteiger partial charge in [0.1, 0.15) is 18.0 Å². The second kappa shape index (κ2) is 9.41. The number of piperidine rings is 1. The summed E-state index contributed by atoms with van der Waals surface area (Å²) in [4.78, 5) is 22.5. The smallest absolute Gasteiger partial charge is 0.335 e. The van der Waals surface area contributed by atoms with Gasteiger partial charge in [-0.3, -0.25) is 9.89 Å². The van der Waals surface area contributed by atoms with Gasteiger partial charge in [0.2, 0.25) is 0 Å². The summed E-state index contributed by atoms with van der Waals surface area (Å²) in [5, 5.41) is 15.2. The van der Waals surface area contributed by atoms with Crippen molar-refractivity contribution in [2.45, 2.75) is 24.5 Å². The molecule has 33 heavy (non-hydrogen) atoms. The molecule has 176 valence electrons. The number of nitrogens with one attached hydrogen (secondary N) is 1. The van der Waals surface area contributed by atoms with Crippen molar-refractivity contribution in [1.82, 2.24) is 15.2 Å². The average Bonchev–Trinajstić information content (AvgIpc) is 3.27. The number of nitrogens with zero attached hydrogens (tertiary/aromatic N) is 3. The zero-order chi connectivity index (χ0) is 23.8. The van der Waals surface area contributed by atoms with Crippen molar-refractivity contribution in [3.63, 3.8) is 0 Å². The van der Waals surface area contributed by atoms with E-state index in [2.05, 4.69) is 15.3 Å². The van der Waals surface area contributed by atoms with Crippen molar-refractivity contribution >= 4 is 34.7 Å². The lowest BCUT2D eigenvalue weighted by atomic mass is 9.94. The Balaban J connectivity index is 1.75. The molecular formula is C21H20ClF3N4O3S. The molecule has 0 aliphatic carbocycles. The first-order chi connectivity index (χ1) is 15.7. The Hall–Kier alpha value is -2.47. The lowest BCUT2D eigenvalue weighted by molar-refractivity contribution is -0.161. The summed E-state index contributed by atoms with van der Waals surface area (Å²) in [7, 11) is 1.25. The molecule has 2 aliphatic heterocycles. The number of carboxylic acids is 1. The third kappa shape index (κ3) is 4.91. The van der Waals surface area contributed by atoms with E-state index < -0.39 is 36.4 Å². The molecular weight excluding hydrogens is 481 g/mol. The van der Waals surface area contributed by atoms with Gasteiger partial charge >= 0.3 is 5.97 Å². The van der Waals surface area contributed by atoms with Crippen molar-refractivity contribution in [1.29, 1.82) is 0 Å². The molecule has 0 bridgehead atoms. The van der Waals surface area contributed by atoms with Crippen molar-refractivity contribution in [2.75, 3.05) is 26.7 Å². The lowest BCUT2D eigenvalue weighted by Crippen LogP contribution is -2.53. The molecule has 1 saturated heterocycles. The summed E-state index contributed by atoms with van der Waals surface area (Å²) in [6, 6.07) is 2.53. The van der Waals surface area contributed by atoms with Crippen molar-refractivity contribution < 1.29 is 27.8 Å². The number of hydrogen-bond acceptors (Lipinski definition) is 7. The Morgan fingerprint density at radius 3 is 2.85 bits per heavy atom. The number of hydrogen-bond donors (Lipinski definition) is 2. The molecule has 1 aromatic heterocycles. The number of methoxy groups -OCH3 is 1. The predicted molar refractivity (Wildman–Crippen MR) is 117 cm³/mol. The number of aliphatic carboxylic acids is 1. The minimum atomic E-state index is -3.09. The molecule has 7 nitrogen and oxygen atoms in total. The summed E-state index contributed by atoms with van der Waals surface area (Å²) >= 11 is 7.51. The Labute approximate surface area is 196 Å². The van der Waals surface area contributed by atoms with Crippen molar-refractivity contribution in [3.05, 3.63) is 62.5 Å². The molecule has 0 saturated carbocycles. The van der Waals surface area contributed by atoms with Gasteiger partial charge in [0, 0.05) is 48.1 Å². The number of carbonyl (C=O) groups is 1. The monoisotopic (exact) mass is 500 g/mol. The summed E-state index contributed by atoms with van der Waals surface area (Å²) in [5.41, 5.74) is 0.327. The molecule has 4 rings (SSSR count). The number of alkyl halides is 2. The molecule has 2 aromatic rings. The number of likely N-dealkylation sites (tertiary alicyclic amines) is 1. The van der Waals surface area contributed by atoms with Gasteiger partial charge in [-0.05, 0) is 18.6 Å². The zero-order valence-corrected chi connectivity index (χ0v) is 19.0. The molecule has 1 unspecified atom stereocenters. The van der Waals surface area contributed by atoms with E-state index in [0.29, 0.717) is 5.01 Å². The molecule has 1 fully saturated rings. The van der Waals surface area contributed by atoms with E-state index in [1.165, 1.54) is 29.4 Å². The highest BCUT2D eigenvalue weighted by Gasteiger charge is 2.45. The number of thiazole rings is 1. The quantitative estimate of drug-likeness (QED) is 0.628. The van der Waals surface area contributed by atoms with Gasteiger partial charge in [-0.1, -0.05) is 17.7 Å². The molecule has 1 aromatic carbocycles. The van der Waals surface area contributed by atoms with E-state index in [9.17, 15) is 23.1 Å². The van der Waals surface area contributed by atoms with Crippen molar-refractivity contribution in [2.24, 2.45) is 4.99 Å². The van der Waals surface area contributed by atoms with Gasteiger partial charge < -0.3 is 15.2 Å². The number of ether oxygens (including phenoxy) is 1. The first-order valence-corrected chi connectivity index (χ1v) is 11.2. The van der Waals surface area contributed by atoms with Crippen LogP contribution >= 0.6 is 22.9 Å². The van der Waals surface area contributed by atoms with E-state index >= 15 is 0 Å². The van der Waals surface area contributed by atoms with Gasteiger partial charge in [-0.15, -0.1) is 11.3 Å². The summed E-state index contributed by atoms with van der Waals surface area (Å²) < 4.78 is 47.4. The van der Waals surface area contributed by atoms with Crippen LogP contribution in [0.3, 0.4) is 0 Å². The molecule has 2 aliphatic rings. The van der Waals surface area contributed by atoms with Crippen LogP contribution in [0.15, 0.2) is 46.0 Å². The van der Waals surface area contributed by atoms with Crippen LogP contribution in [-0.2, 0) is 9.53 Å². The van der Waals surface area contributed by atoms with Crippen LogP contribution in [-0.4, -0.2) is 65.6 Å². The topological polar surface area (TPSA) is 87.0 Å². The van der Waals surface area contributed by atoms with Crippen LogP contribution in [0, 0.1) is 5.82 Å². The number of aromatic nitrogens is 1. The second-order valence-electron chi connectivity index (χ2n) is 7.69. The highest BCUT2D eigenvalue weighted by atomic mass is 35.5. The largest absolute Gasteiger partial charge is 0.478 e. The summed E-state index contributed by atoms with van der Waals surface area (Å²) in [6.45, 7) is -0.388. The first kappa shape index (κ1) is 23.7. The van der Waals surface area contributed by atoms with Gasteiger partial charge in [-0.25, -0.2) is 22.9 Å². The van der Waals surface area contributed by atoms with Gasteiger partial charge in [-0.2, -0.15) is 0 Å². The number of halogens is 4. The third-order valence-electron chi connectivity index (χ3n) is 5.53. The predicted octanol–water partition coefficient (Wildman–Crippen LogP) is 3.72. The van der Waals surface area contributed by atoms with Crippen LogP contribution in [0.2, 0.25) is 5.02 Å². The Kier molecular flexibility index (Phi) is 6.76. The van der Waals surface area contributed by atoms with Crippen LogP contribution in [0.1, 0.15) is 23.0 Å². The second-order valence-corrected chi connectivity index (χ2v) is 8.99. The first-order valence-electron chi connectivity index (χ1n) is 9.98. The molecule has 0 spiro atoms. The van der Waals surface area contributed by atoms with E-state index in [1.54, 1.807) is 11.6 Å². The van der Waals surface area contributed by atoms with Crippen LogP contribution in [0.4, 0.5) is 13.2 Å². The minimum absolute atomic E-state index is 0.00896. The maximum absolute atomic E-state index is 14.5. The van der Waals surface area contributed by atoms with E-state index in [4.69, 9.17) is 16.3 Å². The fourth-order valence-corrected chi connectivity index (χ4v) is 4.87. The van der Waals surface area contributed by atoms with Gasteiger partial charge in [0.25, 0.3) is 5.92 Å². The number of carboxylic acid groups (broad SMARTS) is 1. The molecule has 2 N–H and O–H groups in total. The summed E-state index contributed by atoms with van der Waals surface area (Å²) in [6.07, 6.45) is 0.468. The number of amidine groups is 1. The van der Waals surface area contributed by atoms with Crippen LogP contribution in [0.25, 0.3) is 0 Å². The Bertz CT molecular complexity index is 1110. The molecule has 2 atom stereocenters. The SMILES string of the molecule is COC1CCN(CC2=C(C(=O)O)[C@H](c3ccc(F)cc3Cl)N=C(c3nccs3)N2)CC1(F)F. The zero-order valence-electron chi connectivity index (χ0n) is 17.4. The molecule has 0 radical (unpaired) electrons. The van der Waals surface area contributed by atoms with E-state index in [-0.39, 0.29) is 47.2 Å². The third-order valence-corrected chi connectivity index (χ3v) is 6.63. The molecule has 12 heteroatoms. The maximum Gasteiger partial charge on any atom is 0.335 e.